The first-order valence-electron chi connectivity index (χ1n) is 9.44. The van der Waals surface area contributed by atoms with E-state index in [1.807, 2.05) is 31.2 Å². The Bertz CT molecular complexity index is 1100. The fraction of sp³-hybridized carbons (Fsp3) is 0.174. The van der Waals surface area contributed by atoms with Gasteiger partial charge in [0.25, 0.3) is 10.0 Å². The topological polar surface area (TPSA) is 75.7 Å². The third-order valence-electron chi connectivity index (χ3n) is 4.55. The molecule has 0 heterocycles. The number of sulfonamides is 1. The Balaban J connectivity index is 1.84. The molecule has 0 aromatic heterocycles. The van der Waals surface area contributed by atoms with Crippen molar-refractivity contribution in [1.82, 2.24) is 5.32 Å². The molecule has 0 aliphatic rings. The molecular weight excluding hydrogens is 400 g/mol. The molecule has 0 saturated heterocycles. The first-order valence-corrected chi connectivity index (χ1v) is 10.9. The standard InChI is InChI=1S/C23H24N2O4S/c1-18-7-6-8-19(15-18)16-24-23(26)17-25(20-11-13-21(29-2)14-12-20)30(27,28)22-9-4-3-5-10-22/h3-15H,16-17H2,1-2H3,(H,24,26). The first kappa shape index (κ1) is 21.4. The number of benzene rings is 3. The fourth-order valence-electron chi connectivity index (χ4n) is 2.99. The molecule has 0 aliphatic heterocycles. The van der Waals surface area contributed by atoms with E-state index in [4.69, 9.17) is 4.74 Å². The Morgan fingerprint density at radius 3 is 2.30 bits per heavy atom. The highest BCUT2D eigenvalue weighted by atomic mass is 32.2. The molecule has 0 spiro atoms. The molecule has 6 nitrogen and oxygen atoms in total. The van der Waals surface area contributed by atoms with Gasteiger partial charge in [0.05, 0.1) is 17.7 Å². The molecule has 3 aromatic carbocycles. The van der Waals surface area contributed by atoms with E-state index < -0.39 is 15.9 Å². The summed E-state index contributed by atoms with van der Waals surface area (Å²) in [4.78, 5) is 12.8. The van der Waals surface area contributed by atoms with Gasteiger partial charge in [0, 0.05) is 6.54 Å². The molecule has 0 aliphatic carbocycles. The van der Waals surface area contributed by atoms with Crippen LogP contribution in [-0.2, 0) is 21.4 Å². The number of carbonyl (C=O) groups excluding carboxylic acids is 1. The molecular formula is C23H24N2O4S. The van der Waals surface area contributed by atoms with Gasteiger partial charge in [-0.15, -0.1) is 0 Å². The maximum atomic E-state index is 13.3. The lowest BCUT2D eigenvalue weighted by Gasteiger charge is -2.24. The van der Waals surface area contributed by atoms with Crippen LogP contribution in [0, 0.1) is 6.92 Å². The van der Waals surface area contributed by atoms with Crippen LogP contribution in [-0.4, -0.2) is 28.0 Å². The molecule has 3 rings (SSSR count). The lowest BCUT2D eigenvalue weighted by atomic mass is 10.1. The van der Waals surface area contributed by atoms with Gasteiger partial charge in [0.2, 0.25) is 5.91 Å². The summed E-state index contributed by atoms with van der Waals surface area (Å²) >= 11 is 0. The van der Waals surface area contributed by atoms with Crippen LogP contribution in [0.4, 0.5) is 5.69 Å². The van der Waals surface area contributed by atoms with Crippen molar-refractivity contribution in [3.8, 4) is 5.75 Å². The predicted molar refractivity (Wildman–Crippen MR) is 117 cm³/mol. The van der Waals surface area contributed by atoms with Crippen molar-refractivity contribution in [2.24, 2.45) is 0 Å². The zero-order valence-corrected chi connectivity index (χ0v) is 17.7. The van der Waals surface area contributed by atoms with Gasteiger partial charge in [-0.1, -0.05) is 48.0 Å². The van der Waals surface area contributed by atoms with Crippen LogP contribution in [0.3, 0.4) is 0 Å². The van der Waals surface area contributed by atoms with Crippen LogP contribution >= 0.6 is 0 Å². The summed E-state index contributed by atoms with van der Waals surface area (Å²) in [6, 6.07) is 22.4. The highest BCUT2D eigenvalue weighted by molar-refractivity contribution is 7.92. The molecule has 7 heteroatoms. The Hall–Kier alpha value is -3.32. The van der Waals surface area contributed by atoms with Gasteiger partial charge in [-0.3, -0.25) is 9.10 Å². The van der Waals surface area contributed by atoms with E-state index in [1.54, 1.807) is 42.5 Å². The van der Waals surface area contributed by atoms with Gasteiger partial charge in [0.1, 0.15) is 12.3 Å². The number of methoxy groups -OCH3 is 1. The first-order chi connectivity index (χ1) is 14.4. The highest BCUT2D eigenvalue weighted by Gasteiger charge is 2.27. The minimum absolute atomic E-state index is 0.118. The maximum Gasteiger partial charge on any atom is 0.264 e. The van der Waals surface area contributed by atoms with Crippen LogP contribution in [0.15, 0.2) is 83.8 Å². The minimum Gasteiger partial charge on any atom is -0.497 e. The normalized spacial score (nSPS) is 11.0. The summed E-state index contributed by atoms with van der Waals surface area (Å²) in [7, 11) is -2.39. The molecule has 1 N–H and O–H groups in total. The monoisotopic (exact) mass is 424 g/mol. The average Bonchev–Trinajstić information content (AvgIpc) is 2.77. The molecule has 0 saturated carbocycles. The number of ether oxygens (including phenoxy) is 1. The average molecular weight is 425 g/mol. The minimum atomic E-state index is -3.93. The van der Waals surface area contributed by atoms with Crippen LogP contribution in [0.1, 0.15) is 11.1 Å². The van der Waals surface area contributed by atoms with Gasteiger partial charge in [0.15, 0.2) is 0 Å². The van der Waals surface area contributed by atoms with Crippen LogP contribution in [0.2, 0.25) is 0 Å². The van der Waals surface area contributed by atoms with Crippen molar-refractivity contribution >= 4 is 21.6 Å². The van der Waals surface area contributed by atoms with Crippen molar-refractivity contribution in [3.05, 3.63) is 90.0 Å². The number of anilines is 1. The van der Waals surface area contributed by atoms with E-state index in [2.05, 4.69) is 5.32 Å². The molecule has 0 unspecified atom stereocenters. The summed E-state index contributed by atoms with van der Waals surface area (Å²) in [5, 5.41) is 2.80. The quantitative estimate of drug-likeness (QED) is 0.600. The SMILES string of the molecule is COc1ccc(N(CC(=O)NCc2cccc(C)c2)S(=O)(=O)c2ccccc2)cc1. The zero-order chi connectivity index (χ0) is 21.6. The van der Waals surface area contributed by atoms with Crippen molar-refractivity contribution < 1.29 is 17.9 Å². The summed E-state index contributed by atoms with van der Waals surface area (Å²) in [5.41, 5.74) is 2.42. The van der Waals surface area contributed by atoms with Crippen LogP contribution in [0.25, 0.3) is 0 Å². The number of hydrogen-bond acceptors (Lipinski definition) is 4. The smallest absolute Gasteiger partial charge is 0.264 e. The van der Waals surface area contributed by atoms with Crippen molar-refractivity contribution in [2.45, 2.75) is 18.4 Å². The summed E-state index contributed by atoms with van der Waals surface area (Å²) in [5.74, 6) is 0.200. The van der Waals surface area contributed by atoms with E-state index in [0.29, 0.717) is 18.0 Å². The predicted octanol–water partition coefficient (Wildman–Crippen LogP) is 3.52. The third kappa shape index (κ3) is 5.18. The number of nitrogens with one attached hydrogen (secondary N) is 1. The molecule has 0 bridgehead atoms. The van der Waals surface area contributed by atoms with E-state index >= 15 is 0 Å². The zero-order valence-electron chi connectivity index (χ0n) is 16.9. The van der Waals surface area contributed by atoms with Gasteiger partial charge in [-0.25, -0.2) is 8.42 Å². The number of amides is 1. The Labute approximate surface area is 177 Å². The largest absolute Gasteiger partial charge is 0.497 e. The Morgan fingerprint density at radius 2 is 1.67 bits per heavy atom. The summed E-state index contributed by atoms with van der Waals surface area (Å²) in [6.07, 6.45) is 0. The van der Waals surface area contributed by atoms with Gasteiger partial charge >= 0.3 is 0 Å². The highest BCUT2D eigenvalue weighted by Crippen LogP contribution is 2.25. The van der Waals surface area contributed by atoms with Gasteiger partial charge in [-0.05, 0) is 48.9 Å². The third-order valence-corrected chi connectivity index (χ3v) is 6.34. The lowest BCUT2D eigenvalue weighted by Crippen LogP contribution is -2.40. The lowest BCUT2D eigenvalue weighted by molar-refractivity contribution is -0.119. The van der Waals surface area contributed by atoms with E-state index in [-0.39, 0.29) is 11.4 Å². The number of nitrogens with zero attached hydrogens (tertiary/aromatic N) is 1. The summed E-state index contributed by atoms with van der Waals surface area (Å²) < 4.78 is 32.8. The maximum absolute atomic E-state index is 13.3. The van der Waals surface area contributed by atoms with E-state index in [9.17, 15) is 13.2 Å². The molecule has 0 atom stereocenters. The van der Waals surface area contributed by atoms with Crippen molar-refractivity contribution in [2.75, 3.05) is 18.0 Å². The second-order valence-electron chi connectivity index (χ2n) is 6.79. The van der Waals surface area contributed by atoms with Gasteiger partial charge in [-0.2, -0.15) is 0 Å². The number of carbonyl (C=O) groups is 1. The number of aryl methyl sites for hydroxylation is 1. The summed E-state index contributed by atoms with van der Waals surface area (Å²) in [6.45, 7) is 1.96. The van der Waals surface area contributed by atoms with Crippen molar-refractivity contribution in [1.29, 1.82) is 0 Å². The number of rotatable bonds is 8. The molecule has 1 amide bonds. The van der Waals surface area contributed by atoms with Crippen LogP contribution < -0.4 is 14.4 Å². The molecule has 0 fully saturated rings. The van der Waals surface area contributed by atoms with E-state index in [0.717, 1.165) is 15.4 Å². The van der Waals surface area contributed by atoms with E-state index in [1.165, 1.54) is 19.2 Å². The second-order valence-corrected chi connectivity index (χ2v) is 8.65. The molecule has 30 heavy (non-hydrogen) atoms. The second kappa shape index (κ2) is 9.45. The van der Waals surface area contributed by atoms with Gasteiger partial charge < -0.3 is 10.1 Å². The van der Waals surface area contributed by atoms with Crippen LogP contribution in [0.5, 0.6) is 5.75 Å². The fourth-order valence-corrected chi connectivity index (χ4v) is 4.43. The molecule has 3 aromatic rings. The molecule has 156 valence electrons. The van der Waals surface area contributed by atoms with Crippen molar-refractivity contribution in [3.63, 3.8) is 0 Å². The molecule has 0 radical (unpaired) electrons. The Morgan fingerprint density at radius 1 is 0.967 bits per heavy atom. The Kier molecular flexibility index (Phi) is 6.74. The number of hydrogen-bond donors (Lipinski definition) is 1.